The molecule has 0 radical (unpaired) electrons. The van der Waals surface area contributed by atoms with Crippen LogP contribution in [0, 0.1) is 0 Å². The maximum Gasteiger partial charge on any atom is 0.159 e. The molecule has 1 rings (SSSR count). The van der Waals surface area contributed by atoms with Gasteiger partial charge < -0.3 is 10.1 Å². The number of benzene rings is 1. The quantitative estimate of drug-likeness (QED) is 0.294. The van der Waals surface area contributed by atoms with Crippen LogP contribution in [-0.4, -0.2) is 19.7 Å². The Kier molecular flexibility index (Phi) is 9.51. The molecule has 0 atom stereocenters. The van der Waals surface area contributed by atoms with Crippen molar-refractivity contribution in [3.8, 4) is 5.75 Å². The molecule has 1 aromatic carbocycles. The first-order chi connectivity index (χ1) is 10.0. The van der Waals surface area contributed by atoms with E-state index in [1.54, 1.807) is 0 Å². The van der Waals surface area contributed by atoms with E-state index in [0.29, 0.717) is 13.2 Å². The minimum absolute atomic E-state index is 0.134. The molecule has 2 nitrogen and oxygen atoms in total. The molecule has 0 heterocycles. The van der Waals surface area contributed by atoms with E-state index in [9.17, 15) is 0 Å². The van der Waals surface area contributed by atoms with Gasteiger partial charge in [-0.3, -0.25) is 0 Å². The average Bonchev–Trinajstić information content (AvgIpc) is 2.49. The van der Waals surface area contributed by atoms with Gasteiger partial charge in [0.15, 0.2) is 5.75 Å². The molecule has 21 heavy (non-hydrogen) atoms. The summed E-state index contributed by atoms with van der Waals surface area (Å²) in [6, 6.07) is 0. The number of halogens is 5. The molecule has 0 aliphatic heterocycles. The summed E-state index contributed by atoms with van der Waals surface area (Å²) in [5.41, 5.74) is 0. The van der Waals surface area contributed by atoms with Crippen LogP contribution in [0.1, 0.15) is 32.6 Å². The standard InChI is InChI=1S/C14H18Cl5NO/c1-2-3-4-5-6-20-7-8-21-14-12(18)10(16)9(15)11(17)13(14)19/h20H,2-8H2,1H3. The maximum atomic E-state index is 6.07. The number of nitrogens with one attached hydrogen (secondary N) is 1. The Bertz CT molecular complexity index is 438. The van der Waals surface area contributed by atoms with Gasteiger partial charge in [0.2, 0.25) is 0 Å². The van der Waals surface area contributed by atoms with Gasteiger partial charge in [0.1, 0.15) is 16.7 Å². The van der Waals surface area contributed by atoms with Gasteiger partial charge in [-0.05, 0) is 13.0 Å². The van der Waals surface area contributed by atoms with E-state index in [0.717, 1.165) is 13.0 Å². The van der Waals surface area contributed by atoms with Crippen molar-refractivity contribution in [2.24, 2.45) is 0 Å². The minimum atomic E-state index is 0.134. The van der Waals surface area contributed by atoms with Crippen LogP contribution in [0.4, 0.5) is 0 Å². The molecule has 1 N–H and O–H groups in total. The molecular formula is C14H18Cl5NO. The molecule has 0 spiro atoms. The van der Waals surface area contributed by atoms with Crippen LogP contribution in [0.3, 0.4) is 0 Å². The molecule has 7 heteroatoms. The Labute approximate surface area is 151 Å². The smallest absolute Gasteiger partial charge is 0.159 e. The van der Waals surface area contributed by atoms with Crippen LogP contribution in [0.2, 0.25) is 25.1 Å². The third-order valence-corrected chi connectivity index (χ3v) is 5.14. The second-order valence-electron chi connectivity index (χ2n) is 4.56. The lowest BCUT2D eigenvalue weighted by Gasteiger charge is -2.14. The molecule has 0 amide bonds. The predicted molar refractivity (Wildman–Crippen MR) is 94.0 cm³/mol. The first-order valence-corrected chi connectivity index (χ1v) is 8.74. The Hall–Kier alpha value is 0.430. The second kappa shape index (κ2) is 10.3. The highest BCUT2D eigenvalue weighted by Crippen LogP contribution is 2.48. The lowest BCUT2D eigenvalue weighted by atomic mass is 10.2. The zero-order valence-corrected chi connectivity index (χ0v) is 15.5. The Morgan fingerprint density at radius 1 is 0.762 bits per heavy atom. The van der Waals surface area contributed by atoms with Gasteiger partial charge in [-0.1, -0.05) is 84.2 Å². The van der Waals surface area contributed by atoms with Crippen LogP contribution in [0.5, 0.6) is 5.75 Å². The van der Waals surface area contributed by atoms with Crippen LogP contribution in [0.15, 0.2) is 0 Å². The fourth-order valence-corrected chi connectivity index (χ4v) is 2.97. The molecular weight excluding hydrogens is 375 g/mol. The Morgan fingerprint density at radius 3 is 1.90 bits per heavy atom. The van der Waals surface area contributed by atoms with E-state index in [-0.39, 0.29) is 30.9 Å². The van der Waals surface area contributed by atoms with E-state index in [1.807, 2.05) is 0 Å². The number of hydrogen-bond acceptors (Lipinski definition) is 2. The van der Waals surface area contributed by atoms with Gasteiger partial charge in [0, 0.05) is 6.54 Å². The predicted octanol–water partition coefficient (Wildman–Crippen LogP) is 6.50. The topological polar surface area (TPSA) is 21.3 Å². The molecule has 0 aliphatic rings. The van der Waals surface area contributed by atoms with Gasteiger partial charge in [-0.25, -0.2) is 0 Å². The normalized spacial score (nSPS) is 11.0. The van der Waals surface area contributed by atoms with E-state index < -0.39 is 0 Å². The lowest BCUT2D eigenvalue weighted by Crippen LogP contribution is -2.22. The van der Waals surface area contributed by atoms with Crippen LogP contribution in [0.25, 0.3) is 0 Å². The largest absolute Gasteiger partial charge is 0.489 e. The number of hydrogen-bond donors (Lipinski definition) is 1. The lowest BCUT2D eigenvalue weighted by molar-refractivity contribution is 0.314. The first kappa shape index (κ1) is 19.5. The van der Waals surface area contributed by atoms with Crippen molar-refractivity contribution in [1.82, 2.24) is 5.32 Å². The van der Waals surface area contributed by atoms with Crippen molar-refractivity contribution < 1.29 is 4.74 Å². The number of rotatable bonds is 9. The van der Waals surface area contributed by atoms with Gasteiger partial charge in [0.25, 0.3) is 0 Å². The van der Waals surface area contributed by atoms with Crippen molar-refractivity contribution >= 4 is 58.0 Å². The molecule has 0 fully saturated rings. The van der Waals surface area contributed by atoms with Crippen LogP contribution >= 0.6 is 58.0 Å². The van der Waals surface area contributed by atoms with E-state index >= 15 is 0 Å². The van der Waals surface area contributed by atoms with Crippen LogP contribution < -0.4 is 10.1 Å². The van der Waals surface area contributed by atoms with Gasteiger partial charge >= 0.3 is 0 Å². The average molecular weight is 394 g/mol. The maximum absolute atomic E-state index is 6.07. The molecule has 0 saturated carbocycles. The summed E-state index contributed by atoms with van der Waals surface area (Å²) in [4.78, 5) is 0. The zero-order valence-electron chi connectivity index (χ0n) is 11.7. The highest BCUT2D eigenvalue weighted by molar-refractivity contribution is 6.55. The summed E-state index contributed by atoms with van der Waals surface area (Å²) < 4.78 is 5.56. The molecule has 1 aromatic rings. The molecule has 0 aliphatic carbocycles. The van der Waals surface area contributed by atoms with Crippen molar-refractivity contribution in [3.63, 3.8) is 0 Å². The van der Waals surface area contributed by atoms with Crippen molar-refractivity contribution in [2.45, 2.75) is 32.6 Å². The van der Waals surface area contributed by atoms with Gasteiger partial charge in [-0.2, -0.15) is 0 Å². The van der Waals surface area contributed by atoms with Gasteiger partial charge in [-0.15, -0.1) is 0 Å². The zero-order chi connectivity index (χ0) is 15.8. The van der Waals surface area contributed by atoms with Gasteiger partial charge in [0.05, 0.1) is 15.1 Å². The molecule has 0 aromatic heterocycles. The van der Waals surface area contributed by atoms with E-state index in [1.165, 1.54) is 19.3 Å². The summed E-state index contributed by atoms with van der Waals surface area (Å²) in [6.45, 7) is 4.27. The Morgan fingerprint density at radius 2 is 1.33 bits per heavy atom. The Balaban J connectivity index is 2.43. The minimum Gasteiger partial charge on any atom is -0.489 e. The molecule has 0 bridgehead atoms. The SMILES string of the molecule is CCCCCCNCCOc1c(Cl)c(Cl)c(Cl)c(Cl)c1Cl. The fourth-order valence-electron chi connectivity index (χ4n) is 1.74. The monoisotopic (exact) mass is 391 g/mol. The summed E-state index contributed by atoms with van der Waals surface area (Å²) in [7, 11) is 0. The highest BCUT2D eigenvalue weighted by Gasteiger charge is 2.20. The molecule has 0 saturated heterocycles. The van der Waals surface area contributed by atoms with Crippen LogP contribution in [-0.2, 0) is 0 Å². The second-order valence-corrected chi connectivity index (χ2v) is 6.45. The summed E-state index contributed by atoms with van der Waals surface area (Å²) >= 11 is 30.0. The molecule has 120 valence electrons. The third kappa shape index (κ3) is 5.85. The number of ether oxygens (including phenoxy) is 1. The van der Waals surface area contributed by atoms with E-state index in [2.05, 4.69) is 12.2 Å². The summed E-state index contributed by atoms with van der Waals surface area (Å²) in [5, 5.41) is 4.08. The third-order valence-electron chi connectivity index (χ3n) is 2.90. The summed E-state index contributed by atoms with van der Waals surface area (Å²) in [6.07, 6.45) is 4.90. The van der Waals surface area contributed by atoms with Crippen molar-refractivity contribution in [2.75, 3.05) is 19.7 Å². The highest BCUT2D eigenvalue weighted by atomic mass is 35.5. The fraction of sp³-hybridized carbons (Fsp3) is 0.571. The first-order valence-electron chi connectivity index (χ1n) is 6.85. The number of unbranched alkanes of at least 4 members (excludes halogenated alkanes) is 3. The van der Waals surface area contributed by atoms with E-state index in [4.69, 9.17) is 62.7 Å². The van der Waals surface area contributed by atoms with Crippen molar-refractivity contribution in [3.05, 3.63) is 25.1 Å². The molecule has 0 unspecified atom stereocenters. The summed E-state index contributed by atoms with van der Waals surface area (Å²) in [5.74, 6) is 0.269. The van der Waals surface area contributed by atoms with Crippen molar-refractivity contribution in [1.29, 1.82) is 0 Å².